The predicted octanol–water partition coefficient (Wildman–Crippen LogP) is -0.385. The first kappa shape index (κ1) is 5.81. The SMILES string of the molecule is [NH3+]C[B-](F)(F)F. The molecular weight excluding hydrogens is 93.8 g/mol. The van der Waals surface area contributed by atoms with Gasteiger partial charge in [-0.3, -0.25) is 0 Å². The molecule has 5 heteroatoms. The van der Waals surface area contributed by atoms with E-state index in [0.29, 0.717) is 0 Å². The van der Waals surface area contributed by atoms with Crippen LogP contribution in [0, 0.1) is 0 Å². The van der Waals surface area contributed by atoms with Crippen LogP contribution in [0.3, 0.4) is 0 Å². The quantitative estimate of drug-likeness (QED) is 0.433. The fourth-order valence-electron chi connectivity index (χ4n) is 0. The molecule has 0 aliphatic carbocycles. The van der Waals surface area contributed by atoms with Crippen LogP contribution in [0.2, 0.25) is 0 Å². The van der Waals surface area contributed by atoms with Crippen molar-refractivity contribution in [1.82, 2.24) is 0 Å². The second-order valence-electron chi connectivity index (χ2n) is 0.999. The Hall–Kier alpha value is -0.185. The summed E-state index contributed by atoms with van der Waals surface area (Å²) in [5.41, 5.74) is 2.66. The molecule has 0 aliphatic heterocycles. The third-order valence-electron chi connectivity index (χ3n) is 0.327. The first-order chi connectivity index (χ1) is 2.56. The van der Waals surface area contributed by atoms with E-state index in [4.69, 9.17) is 0 Å². The van der Waals surface area contributed by atoms with E-state index in [9.17, 15) is 12.9 Å². The Balaban J connectivity index is 3.17. The third kappa shape index (κ3) is 3.81. The minimum absolute atomic E-state index is 0.917. The van der Waals surface area contributed by atoms with Crippen LogP contribution in [0.4, 0.5) is 12.9 Å². The first-order valence-electron chi connectivity index (χ1n) is 1.56. The molecule has 0 radical (unpaired) electrons. The minimum Gasteiger partial charge on any atom is -0.445 e. The summed E-state index contributed by atoms with van der Waals surface area (Å²) in [4.78, 5) is 0. The van der Waals surface area contributed by atoms with Gasteiger partial charge in [-0.05, 0) is 0 Å². The van der Waals surface area contributed by atoms with Crippen molar-refractivity contribution in [3.05, 3.63) is 0 Å². The standard InChI is InChI=1S/CH4BF3N/c3-2(4,5)1-6/h1,6H2/q-1/p+1. The molecule has 0 unspecified atom stereocenters. The second kappa shape index (κ2) is 1.51. The smallest absolute Gasteiger partial charge is 0.445 e. The van der Waals surface area contributed by atoms with Crippen molar-refractivity contribution in [3.63, 3.8) is 0 Å². The summed E-state index contributed by atoms with van der Waals surface area (Å²) in [6.45, 7) is -4.60. The van der Waals surface area contributed by atoms with Gasteiger partial charge in [0.05, 0.1) is 0 Å². The zero-order chi connectivity index (χ0) is 5.21. The van der Waals surface area contributed by atoms with Crippen LogP contribution >= 0.6 is 0 Å². The molecule has 3 N–H and O–H groups in total. The summed E-state index contributed by atoms with van der Waals surface area (Å²) in [5, 5.41) is 0. The average Bonchev–Trinajstić information content (AvgIpc) is 1.35. The lowest BCUT2D eigenvalue weighted by Gasteiger charge is -2.03. The van der Waals surface area contributed by atoms with Gasteiger partial charge in [0.1, 0.15) is 0 Å². The van der Waals surface area contributed by atoms with E-state index in [1.54, 1.807) is 0 Å². The summed E-state index contributed by atoms with van der Waals surface area (Å²) in [6.07, 6.45) is -0.917. The van der Waals surface area contributed by atoms with Gasteiger partial charge in [0, 0.05) is 6.44 Å². The molecule has 0 aromatic heterocycles. The minimum atomic E-state index is -4.60. The van der Waals surface area contributed by atoms with Gasteiger partial charge in [-0.1, -0.05) is 0 Å². The molecule has 38 valence electrons. The van der Waals surface area contributed by atoms with E-state index in [1.165, 1.54) is 0 Å². The summed E-state index contributed by atoms with van der Waals surface area (Å²) in [7, 11) is 0. The zero-order valence-electron chi connectivity index (χ0n) is 3.13. The fraction of sp³-hybridized carbons (Fsp3) is 1.00. The average molecular weight is 98.9 g/mol. The Morgan fingerprint density at radius 1 is 1.33 bits per heavy atom. The summed E-state index contributed by atoms with van der Waals surface area (Å²) < 4.78 is 32.4. The fourth-order valence-corrected chi connectivity index (χ4v) is 0. The number of rotatable bonds is 1. The number of hydrogen-bond donors (Lipinski definition) is 1. The van der Waals surface area contributed by atoms with Crippen LogP contribution in [0.5, 0.6) is 0 Å². The summed E-state index contributed by atoms with van der Waals surface area (Å²) in [5.74, 6) is 0. The van der Waals surface area contributed by atoms with Crippen LogP contribution in [0.15, 0.2) is 0 Å². The normalized spacial score (nSPS) is 12.0. The number of hydrogen-bond acceptors (Lipinski definition) is 0. The zero-order valence-corrected chi connectivity index (χ0v) is 3.13. The lowest BCUT2D eigenvalue weighted by atomic mass is 9.94. The van der Waals surface area contributed by atoms with Gasteiger partial charge in [-0.15, -0.1) is 0 Å². The highest BCUT2D eigenvalue weighted by molar-refractivity contribution is 6.58. The van der Waals surface area contributed by atoms with Crippen molar-refractivity contribution >= 4 is 6.98 Å². The van der Waals surface area contributed by atoms with Gasteiger partial charge < -0.3 is 18.7 Å². The monoisotopic (exact) mass is 99.0 g/mol. The van der Waals surface area contributed by atoms with Crippen molar-refractivity contribution in [1.29, 1.82) is 0 Å². The van der Waals surface area contributed by atoms with Crippen LogP contribution in [0.1, 0.15) is 0 Å². The molecule has 0 aromatic carbocycles. The lowest BCUT2D eigenvalue weighted by molar-refractivity contribution is -0.350. The Morgan fingerprint density at radius 3 is 1.50 bits per heavy atom. The van der Waals surface area contributed by atoms with Crippen molar-refractivity contribution in [3.8, 4) is 0 Å². The van der Waals surface area contributed by atoms with Crippen molar-refractivity contribution in [2.75, 3.05) is 6.44 Å². The highest BCUT2D eigenvalue weighted by Gasteiger charge is 2.22. The highest BCUT2D eigenvalue weighted by Crippen LogP contribution is 2.01. The van der Waals surface area contributed by atoms with Gasteiger partial charge in [0.25, 0.3) is 0 Å². The van der Waals surface area contributed by atoms with Gasteiger partial charge in [0.2, 0.25) is 0 Å². The highest BCUT2D eigenvalue weighted by atomic mass is 19.4. The van der Waals surface area contributed by atoms with Crippen LogP contribution in [0.25, 0.3) is 0 Å². The Bertz CT molecular complexity index is 40.5. The molecule has 0 atom stereocenters. The maximum Gasteiger partial charge on any atom is 0.531 e. The van der Waals surface area contributed by atoms with E-state index in [1.807, 2.05) is 0 Å². The van der Waals surface area contributed by atoms with Crippen molar-refractivity contribution < 1.29 is 18.7 Å². The van der Waals surface area contributed by atoms with E-state index in [0.717, 1.165) is 0 Å². The third-order valence-corrected chi connectivity index (χ3v) is 0.327. The molecule has 6 heavy (non-hydrogen) atoms. The molecule has 0 bridgehead atoms. The number of halogens is 3. The molecule has 0 amide bonds. The molecule has 0 aliphatic rings. The van der Waals surface area contributed by atoms with Crippen LogP contribution in [-0.2, 0) is 0 Å². The molecule has 1 nitrogen and oxygen atoms in total. The molecule has 0 heterocycles. The number of quaternary nitrogens is 1. The molecule has 0 saturated heterocycles. The van der Waals surface area contributed by atoms with E-state index >= 15 is 0 Å². The second-order valence-corrected chi connectivity index (χ2v) is 0.999. The van der Waals surface area contributed by atoms with Gasteiger partial charge in [-0.25, -0.2) is 0 Å². The molecule has 0 fully saturated rings. The summed E-state index contributed by atoms with van der Waals surface area (Å²) >= 11 is 0. The van der Waals surface area contributed by atoms with Gasteiger partial charge in [-0.2, -0.15) is 0 Å². The topological polar surface area (TPSA) is 27.6 Å². The van der Waals surface area contributed by atoms with E-state index < -0.39 is 13.4 Å². The Labute approximate surface area is 33.4 Å². The molecule has 0 aromatic rings. The van der Waals surface area contributed by atoms with Crippen molar-refractivity contribution in [2.45, 2.75) is 0 Å². The maximum atomic E-state index is 10.8. The maximum absolute atomic E-state index is 10.8. The molecule has 0 rings (SSSR count). The molecular formula is CH5BF3N. The molecule has 0 saturated carbocycles. The van der Waals surface area contributed by atoms with E-state index in [-0.39, 0.29) is 0 Å². The largest absolute Gasteiger partial charge is 0.531 e. The van der Waals surface area contributed by atoms with Crippen LogP contribution < -0.4 is 5.73 Å². The van der Waals surface area contributed by atoms with Crippen LogP contribution in [-0.4, -0.2) is 13.4 Å². The van der Waals surface area contributed by atoms with Gasteiger partial charge >= 0.3 is 6.98 Å². The Morgan fingerprint density at radius 2 is 1.50 bits per heavy atom. The first-order valence-corrected chi connectivity index (χ1v) is 1.56. The van der Waals surface area contributed by atoms with E-state index in [2.05, 4.69) is 5.73 Å². The Kier molecular flexibility index (Phi) is 1.46. The predicted molar refractivity (Wildman–Crippen MR) is 16.8 cm³/mol. The molecule has 0 spiro atoms. The summed E-state index contributed by atoms with van der Waals surface area (Å²) in [6, 6.07) is 0. The lowest BCUT2D eigenvalue weighted by Crippen LogP contribution is -2.59. The van der Waals surface area contributed by atoms with Gasteiger partial charge in [0.15, 0.2) is 0 Å². The van der Waals surface area contributed by atoms with Crippen molar-refractivity contribution in [2.24, 2.45) is 0 Å².